The Kier molecular flexibility index (Phi) is 8.99. The van der Waals surface area contributed by atoms with Gasteiger partial charge in [-0.15, -0.1) is 13.2 Å². The van der Waals surface area contributed by atoms with Gasteiger partial charge in [0.2, 0.25) is 0 Å². The van der Waals surface area contributed by atoms with Gasteiger partial charge in [0.1, 0.15) is 11.6 Å². The van der Waals surface area contributed by atoms with Crippen LogP contribution in [0.3, 0.4) is 0 Å². The number of piperidine rings is 1. The SMILES string of the molecule is Cc1c(N2CCCCC2)nc2ccc(Br)cc2c1C(=O)NCC(CCC(=O)O)c1ccccc1OC(F)(F)F. The molecule has 1 aromatic heterocycles. The maximum absolute atomic E-state index is 13.7. The van der Waals surface area contributed by atoms with Crippen LogP contribution in [0.25, 0.3) is 10.9 Å². The fourth-order valence-corrected chi connectivity index (χ4v) is 5.39. The van der Waals surface area contributed by atoms with Crippen molar-refractivity contribution in [1.29, 1.82) is 0 Å². The Morgan fingerprint density at radius 3 is 2.56 bits per heavy atom. The van der Waals surface area contributed by atoms with Crippen LogP contribution in [-0.4, -0.2) is 48.0 Å². The van der Waals surface area contributed by atoms with Gasteiger partial charge in [-0.1, -0.05) is 34.1 Å². The minimum absolute atomic E-state index is 0.00843. The van der Waals surface area contributed by atoms with E-state index in [0.29, 0.717) is 22.0 Å². The summed E-state index contributed by atoms with van der Waals surface area (Å²) >= 11 is 3.46. The lowest BCUT2D eigenvalue weighted by Crippen LogP contribution is -2.33. The first-order chi connectivity index (χ1) is 18.5. The molecule has 4 rings (SSSR count). The van der Waals surface area contributed by atoms with Crippen molar-refractivity contribution >= 4 is 44.5 Å². The molecule has 1 aliphatic heterocycles. The highest BCUT2D eigenvalue weighted by molar-refractivity contribution is 9.10. The van der Waals surface area contributed by atoms with Crippen LogP contribution in [0.2, 0.25) is 0 Å². The molecule has 39 heavy (non-hydrogen) atoms. The molecule has 0 spiro atoms. The number of hydrogen-bond donors (Lipinski definition) is 2. The van der Waals surface area contributed by atoms with Crippen molar-refractivity contribution in [3.63, 3.8) is 0 Å². The topological polar surface area (TPSA) is 91.8 Å². The number of ether oxygens (including phenoxy) is 1. The molecule has 2 aromatic carbocycles. The van der Waals surface area contributed by atoms with E-state index >= 15 is 0 Å². The van der Waals surface area contributed by atoms with Crippen molar-refractivity contribution in [2.75, 3.05) is 24.5 Å². The first kappa shape index (κ1) is 28.7. The third-order valence-corrected chi connectivity index (χ3v) is 7.34. The molecule has 1 saturated heterocycles. The van der Waals surface area contributed by atoms with Crippen molar-refractivity contribution in [1.82, 2.24) is 10.3 Å². The number of amides is 1. The van der Waals surface area contributed by atoms with Crippen LogP contribution in [0.5, 0.6) is 5.75 Å². The summed E-state index contributed by atoms with van der Waals surface area (Å²) in [7, 11) is 0. The largest absolute Gasteiger partial charge is 0.573 e. The summed E-state index contributed by atoms with van der Waals surface area (Å²) < 4.78 is 44.1. The Hall–Kier alpha value is -3.34. The van der Waals surface area contributed by atoms with Gasteiger partial charge in [0.15, 0.2) is 0 Å². The third-order valence-electron chi connectivity index (χ3n) is 6.85. The van der Waals surface area contributed by atoms with E-state index in [4.69, 9.17) is 4.98 Å². The number of aliphatic carboxylic acids is 1. The predicted molar refractivity (Wildman–Crippen MR) is 145 cm³/mol. The molecule has 0 saturated carbocycles. The second kappa shape index (κ2) is 12.2. The molecule has 0 radical (unpaired) electrons. The van der Waals surface area contributed by atoms with Crippen LogP contribution in [0.15, 0.2) is 46.9 Å². The quantitative estimate of drug-likeness (QED) is 0.286. The van der Waals surface area contributed by atoms with E-state index in [1.54, 1.807) is 6.07 Å². The van der Waals surface area contributed by atoms with Gasteiger partial charge in [-0.2, -0.15) is 0 Å². The normalized spacial score (nSPS) is 14.7. The number of benzene rings is 2. The maximum Gasteiger partial charge on any atom is 0.573 e. The monoisotopic (exact) mass is 607 g/mol. The van der Waals surface area contributed by atoms with Crippen molar-refractivity contribution < 1.29 is 32.6 Å². The molecule has 2 N–H and O–H groups in total. The molecule has 1 unspecified atom stereocenters. The lowest BCUT2D eigenvalue weighted by Gasteiger charge is -2.30. The van der Waals surface area contributed by atoms with Gasteiger partial charge in [0.25, 0.3) is 5.91 Å². The Morgan fingerprint density at radius 1 is 1.15 bits per heavy atom. The molecule has 0 bridgehead atoms. The summed E-state index contributed by atoms with van der Waals surface area (Å²) in [5.41, 5.74) is 1.96. The number of pyridine rings is 1. The number of aromatic nitrogens is 1. The van der Waals surface area contributed by atoms with Crippen LogP contribution in [0.4, 0.5) is 19.0 Å². The van der Waals surface area contributed by atoms with Crippen LogP contribution in [0, 0.1) is 6.92 Å². The molecule has 11 heteroatoms. The molecule has 2 heterocycles. The molecule has 208 valence electrons. The Morgan fingerprint density at radius 2 is 1.87 bits per heavy atom. The number of carboxylic acids is 1. The summed E-state index contributed by atoms with van der Waals surface area (Å²) in [6, 6.07) is 11.1. The molecule has 3 aromatic rings. The third kappa shape index (κ3) is 7.20. The number of fused-ring (bicyclic) bond motifs is 1. The smallest absolute Gasteiger partial charge is 0.481 e. The zero-order valence-electron chi connectivity index (χ0n) is 21.4. The first-order valence-corrected chi connectivity index (χ1v) is 13.5. The molecule has 1 aliphatic rings. The summed E-state index contributed by atoms with van der Waals surface area (Å²) in [4.78, 5) is 32.1. The average Bonchev–Trinajstić information content (AvgIpc) is 2.88. The standard InChI is InChI=1S/C28H29BrF3N3O4/c1-17-25(21-15-19(29)10-11-22(21)34-26(17)35-13-5-2-6-14-35)27(38)33-16-18(9-12-24(36)37)20-7-3-4-8-23(20)39-28(30,31)32/h3-4,7-8,10-11,15,18H,2,5-6,9,12-14,16H2,1H3,(H,33,38)(H,36,37). The van der Waals surface area contributed by atoms with Crippen LogP contribution in [-0.2, 0) is 4.79 Å². The van der Waals surface area contributed by atoms with E-state index in [9.17, 15) is 27.9 Å². The minimum Gasteiger partial charge on any atom is -0.481 e. The molecular weight excluding hydrogens is 579 g/mol. The van der Waals surface area contributed by atoms with E-state index in [1.807, 2.05) is 25.1 Å². The van der Waals surface area contributed by atoms with Gasteiger partial charge >= 0.3 is 12.3 Å². The zero-order valence-corrected chi connectivity index (χ0v) is 22.9. The molecule has 7 nitrogen and oxygen atoms in total. The number of hydrogen-bond acceptors (Lipinski definition) is 5. The van der Waals surface area contributed by atoms with Gasteiger partial charge in [-0.25, -0.2) is 4.98 Å². The lowest BCUT2D eigenvalue weighted by molar-refractivity contribution is -0.275. The number of halogens is 4. The van der Waals surface area contributed by atoms with E-state index in [2.05, 4.69) is 30.9 Å². The molecule has 0 aliphatic carbocycles. The first-order valence-electron chi connectivity index (χ1n) is 12.7. The van der Waals surface area contributed by atoms with E-state index < -0.39 is 29.9 Å². The maximum atomic E-state index is 13.7. The van der Waals surface area contributed by atoms with Gasteiger partial charge in [-0.3, -0.25) is 9.59 Å². The fraction of sp³-hybridized carbons (Fsp3) is 0.393. The van der Waals surface area contributed by atoms with Gasteiger partial charge in [0, 0.05) is 47.4 Å². The fourth-order valence-electron chi connectivity index (χ4n) is 5.03. The van der Waals surface area contributed by atoms with Crippen molar-refractivity contribution in [3.05, 3.63) is 63.6 Å². The highest BCUT2D eigenvalue weighted by Gasteiger charge is 2.33. The number of anilines is 1. The van der Waals surface area contributed by atoms with Gasteiger partial charge in [-0.05, 0) is 62.4 Å². The van der Waals surface area contributed by atoms with Crippen molar-refractivity contribution in [2.24, 2.45) is 0 Å². The summed E-state index contributed by atoms with van der Waals surface area (Å²) in [5.74, 6) is -1.92. The van der Waals surface area contributed by atoms with Crippen LogP contribution < -0.4 is 15.0 Å². The summed E-state index contributed by atoms with van der Waals surface area (Å²) in [6.45, 7) is 3.44. The minimum atomic E-state index is -4.91. The van der Waals surface area contributed by atoms with E-state index in [0.717, 1.165) is 42.6 Å². The van der Waals surface area contributed by atoms with Crippen LogP contribution in [0.1, 0.15) is 59.5 Å². The number of nitrogens with one attached hydrogen (secondary N) is 1. The number of para-hydroxylation sites is 1. The van der Waals surface area contributed by atoms with Crippen LogP contribution >= 0.6 is 15.9 Å². The average molecular weight is 608 g/mol. The second-order valence-corrected chi connectivity index (χ2v) is 10.5. The van der Waals surface area contributed by atoms with Gasteiger partial charge in [0.05, 0.1) is 11.1 Å². The summed E-state index contributed by atoms with van der Waals surface area (Å²) in [6.07, 6.45) is -1.99. The molecule has 1 fully saturated rings. The molecular formula is C28H29BrF3N3O4. The number of carbonyl (C=O) groups excluding carboxylic acids is 1. The zero-order chi connectivity index (χ0) is 28.2. The Balaban J connectivity index is 1.68. The number of carbonyl (C=O) groups is 2. The molecule has 1 atom stereocenters. The number of rotatable bonds is 9. The summed E-state index contributed by atoms with van der Waals surface area (Å²) in [5, 5.41) is 12.7. The Labute approximate surface area is 232 Å². The predicted octanol–water partition coefficient (Wildman–Crippen LogP) is 6.57. The second-order valence-electron chi connectivity index (χ2n) is 9.57. The number of alkyl halides is 3. The van der Waals surface area contributed by atoms with E-state index in [1.165, 1.54) is 18.2 Å². The highest BCUT2D eigenvalue weighted by Crippen LogP contribution is 2.35. The van der Waals surface area contributed by atoms with Crippen molar-refractivity contribution in [2.45, 2.75) is 51.3 Å². The highest BCUT2D eigenvalue weighted by atomic mass is 79.9. The molecule has 1 amide bonds. The lowest BCUT2D eigenvalue weighted by atomic mass is 9.92. The number of nitrogens with zero attached hydrogens (tertiary/aromatic N) is 2. The van der Waals surface area contributed by atoms with Crippen molar-refractivity contribution in [3.8, 4) is 5.75 Å². The van der Waals surface area contributed by atoms with Gasteiger partial charge < -0.3 is 20.1 Å². The van der Waals surface area contributed by atoms with E-state index in [-0.39, 0.29) is 24.9 Å². The number of carboxylic acid groups (broad SMARTS) is 1. The Bertz CT molecular complexity index is 1360.